The second kappa shape index (κ2) is 9.48. The Bertz CT molecular complexity index is 1310. The van der Waals surface area contributed by atoms with Gasteiger partial charge in [0.05, 0.1) is 23.4 Å². The van der Waals surface area contributed by atoms with E-state index in [2.05, 4.69) is 38.0 Å². The van der Waals surface area contributed by atoms with Gasteiger partial charge in [-0.3, -0.25) is 9.59 Å². The first kappa shape index (κ1) is 23.6. The van der Waals surface area contributed by atoms with E-state index in [1.54, 1.807) is 29.9 Å². The predicted octanol–water partition coefficient (Wildman–Crippen LogP) is 1.85. The second-order valence-electron chi connectivity index (χ2n) is 9.24. The number of nitrogens with one attached hydrogen (secondary N) is 3. The lowest BCUT2D eigenvalue weighted by molar-refractivity contribution is 0.0448. The van der Waals surface area contributed by atoms with Crippen molar-refractivity contribution in [3.05, 3.63) is 45.5 Å². The van der Waals surface area contributed by atoms with Gasteiger partial charge in [-0.2, -0.15) is 9.61 Å². The normalized spacial score (nSPS) is 21.0. The van der Waals surface area contributed by atoms with Gasteiger partial charge < -0.3 is 30.5 Å². The number of aliphatic hydroxyl groups excluding tert-OH is 1. The van der Waals surface area contributed by atoms with Gasteiger partial charge in [-0.15, -0.1) is 0 Å². The average molecular weight is 501 g/mol. The maximum atomic E-state index is 13.3. The highest BCUT2D eigenvalue weighted by Gasteiger charge is 2.31. The molecule has 2 atom stereocenters. The number of amides is 1. The molecule has 1 saturated carbocycles. The number of likely N-dealkylation sites (tertiary alicyclic amines) is 1. The summed E-state index contributed by atoms with van der Waals surface area (Å²) in [5.41, 5.74) is 0.725. The lowest BCUT2D eigenvalue weighted by Gasteiger charge is -2.32. The zero-order valence-electron chi connectivity index (χ0n) is 19.7. The van der Waals surface area contributed by atoms with Crippen LogP contribution in [0.1, 0.15) is 42.1 Å². The number of carbonyl (C=O) groups is 1. The molecule has 1 aliphatic heterocycles. The molecule has 4 heterocycles. The third kappa shape index (κ3) is 4.58. The fraction of sp³-hybridized carbons (Fsp3) is 0.478. The number of piperidine rings is 1. The first-order valence-electron chi connectivity index (χ1n) is 11.8. The van der Waals surface area contributed by atoms with E-state index in [0.717, 1.165) is 32.4 Å². The molecule has 11 nitrogen and oxygen atoms in total. The summed E-state index contributed by atoms with van der Waals surface area (Å²) in [6, 6.07) is 3.10. The van der Waals surface area contributed by atoms with Crippen molar-refractivity contribution in [3.8, 4) is 0 Å². The van der Waals surface area contributed by atoms with Crippen molar-refractivity contribution in [3.63, 3.8) is 0 Å². The van der Waals surface area contributed by atoms with Crippen LogP contribution in [0.15, 0.2) is 29.3 Å². The van der Waals surface area contributed by atoms with E-state index in [1.165, 1.54) is 10.7 Å². The molecule has 0 spiro atoms. The van der Waals surface area contributed by atoms with Crippen LogP contribution in [0.4, 0.5) is 17.3 Å². The van der Waals surface area contributed by atoms with Gasteiger partial charge in [0.2, 0.25) is 0 Å². The highest BCUT2D eigenvalue weighted by Crippen LogP contribution is 2.26. The minimum atomic E-state index is -0.534. The van der Waals surface area contributed by atoms with Crippen LogP contribution in [0, 0.1) is 0 Å². The molecule has 1 unspecified atom stereocenters. The fourth-order valence-electron chi connectivity index (χ4n) is 4.60. The molecule has 0 bridgehead atoms. The van der Waals surface area contributed by atoms with E-state index in [1.807, 2.05) is 0 Å². The smallest absolute Gasteiger partial charge is 0.274 e. The summed E-state index contributed by atoms with van der Waals surface area (Å²) in [6.07, 6.45) is 5.74. The third-order valence-corrected chi connectivity index (χ3v) is 7.09. The number of hydrogen-bond acceptors (Lipinski definition) is 8. The summed E-state index contributed by atoms with van der Waals surface area (Å²) in [5, 5.41) is 23.5. The number of carbonyl (C=O) groups excluding carboxylic acids is 1. The molecule has 0 radical (unpaired) electrons. The minimum Gasteiger partial charge on any atom is -0.391 e. The zero-order valence-corrected chi connectivity index (χ0v) is 20.4. The Kier molecular flexibility index (Phi) is 6.39. The highest BCUT2D eigenvalue weighted by atomic mass is 35.5. The Labute approximate surface area is 207 Å². The molecule has 2 fully saturated rings. The fourth-order valence-corrected chi connectivity index (χ4v) is 4.82. The average Bonchev–Trinajstić information content (AvgIpc) is 3.27. The third-order valence-electron chi connectivity index (χ3n) is 6.88. The Balaban J connectivity index is 1.47. The topological polar surface area (TPSA) is 129 Å². The van der Waals surface area contributed by atoms with Gasteiger partial charge >= 0.3 is 0 Å². The van der Waals surface area contributed by atoms with Gasteiger partial charge in [0, 0.05) is 25.4 Å². The van der Waals surface area contributed by atoms with Crippen LogP contribution >= 0.6 is 11.6 Å². The molecule has 1 amide bonds. The van der Waals surface area contributed by atoms with Gasteiger partial charge in [-0.25, -0.2) is 4.98 Å². The molecule has 3 aromatic rings. The summed E-state index contributed by atoms with van der Waals surface area (Å²) in [7, 11) is 3.81. The Hall–Kier alpha value is -3.15. The van der Waals surface area contributed by atoms with E-state index in [9.17, 15) is 14.7 Å². The zero-order chi connectivity index (χ0) is 24.7. The predicted molar refractivity (Wildman–Crippen MR) is 134 cm³/mol. The Morgan fingerprint density at radius 3 is 2.63 bits per heavy atom. The Morgan fingerprint density at radius 1 is 1.20 bits per heavy atom. The molecule has 1 aliphatic carbocycles. The van der Waals surface area contributed by atoms with Gasteiger partial charge in [-0.05, 0) is 51.9 Å². The Morgan fingerprint density at radius 2 is 1.97 bits per heavy atom. The molecule has 12 heteroatoms. The van der Waals surface area contributed by atoms with Crippen molar-refractivity contribution < 1.29 is 9.90 Å². The molecular formula is C23H29ClN8O3. The van der Waals surface area contributed by atoms with Crippen molar-refractivity contribution >= 4 is 40.5 Å². The SMILES string of the molecule is CNc1cc(Nc2cc(Cl)cn(C3CCN(C)CC3)c2=O)nc2c(C(=O)NC3CC[C@H]3O)cnn12. The molecular weight excluding hydrogens is 472 g/mol. The number of halogens is 1. The summed E-state index contributed by atoms with van der Waals surface area (Å²) in [5.74, 6) is 0.593. The van der Waals surface area contributed by atoms with Crippen molar-refractivity contribution in [1.82, 2.24) is 29.4 Å². The number of nitrogens with zero attached hydrogens (tertiary/aromatic N) is 5. The molecule has 3 aromatic heterocycles. The van der Waals surface area contributed by atoms with Crippen LogP contribution in [0.25, 0.3) is 5.65 Å². The van der Waals surface area contributed by atoms with Crippen molar-refractivity contribution in [1.29, 1.82) is 0 Å². The lowest BCUT2D eigenvalue weighted by Crippen LogP contribution is -2.50. The number of pyridine rings is 1. The van der Waals surface area contributed by atoms with Crippen LogP contribution in [-0.2, 0) is 0 Å². The van der Waals surface area contributed by atoms with E-state index >= 15 is 0 Å². The highest BCUT2D eigenvalue weighted by molar-refractivity contribution is 6.30. The van der Waals surface area contributed by atoms with Crippen molar-refractivity contribution in [2.75, 3.05) is 37.8 Å². The number of anilines is 3. The molecule has 5 rings (SSSR count). The van der Waals surface area contributed by atoms with Crippen molar-refractivity contribution in [2.24, 2.45) is 0 Å². The molecule has 186 valence electrons. The van der Waals surface area contributed by atoms with Crippen LogP contribution in [0.3, 0.4) is 0 Å². The van der Waals surface area contributed by atoms with Crippen LogP contribution in [0.5, 0.6) is 0 Å². The molecule has 0 aromatic carbocycles. The van der Waals surface area contributed by atoms with E-state index < -0.39 is 6.10 Å². The molecule has 2 aliphatic rings. The number of aromatic nitrogens is 4. The summed E-state index contributed by atoms with van der Waals surface area (Å²) >= 11 is 6.39. The minimum absolute atomic E-state index is 0.0771. The van der Waals surface area contributed by atoms with E-state index in [4.69, 9.17) is 11.6 Å². The number of rotatable bonds is 6. The first-order valence-corrected chi connectivity index (χ1v) is 12.1. The second-order valence-corrected chi connectivity index (χ2v) is 9.68. The van der Waals surface area contributed by atoms with Gasteiger partial charge in [0.1, 0.15) is 22.9 Å². The van der Waals surface area contributed by atoms with Crippen LogP contribution in [0.2, 0.25) is 5.02 Å². The molecule has 35 heavy (non-hydrogen) atoms. The summed E-state index contributed by atoms with van der Waals surface area (Å²) < 4.78 is 3.23. The van der Waals surface area contributed by atoms with Crippen LogP contribution in [-0.4, -0.2) is 74.4 Å². The number of fused-ring (bicyclic) bond motifs is 1. The molecule has 4 N–H and O–H groups in total. The quantitative estimate of drug-likeness (QED) is 0.403. The summed E-state index contributed by atoms with van der Waals surface area (Å²) in [4.78, 5) is 33.0. The monoisotopic (exact) mass is 500 g/mol. The molecule has 1 saturated heterocycles. The maximum absolute atomic E-state index is 13.3. The van der Waals surface area contributed by atoms with Gasteiger partial charge in [0.25, 0.3) is 11.5 Å². The maximum Gasteiger partial charge on any atom is 0.274 e. The van der Waals surface area contributed by atoms with E-state index in [0.29, 0.717) is 34.4 Å². The van der Waals surface area contributed by atoms with E-state index in [-0.39, 0.29) is 29.1 Å². The van der Waals surface area contributed by atoms with Crippen LogP contribution < -0.4 is 21.5 Å². The van der Waals surface area contributed by atoms with Gasteiger partial charge in [-0.1, -0.05) is 11.6 Å². The summed E-state index contributed by atoms with van der Waals surface area (Å²) in [6.45, 7) is 1.83. The number of hydrogen-bond donors (Lipinski definition) is 4. The standard InChI is InChI=1S/C23H29ClN8O3/c1-25-20-10-19(29-21-15(11-26-32(20)21)22(34)28-16-3-4-18(16)33)27-17-9-13(24)12-31(23(17)35)14-5-7-30(2)8-6-14/h9-12,14,16,18,25,33H,3-8H2,1-2H3,(H,27,29)(H,28,34)/t16?,18-/m1/s1. The van der Waals surface area contributed by atoms with Gasteiger partial charge in [0.15, 0.2) is 5.65 Å². The lowest BCUT2D eigenvalue weighted by atomic mass is 9.89. The van der Waals surface area contributed by atoms with Crippen molar-refractivity contribution in [2.45, 2.75) is 43.9 Å². The first-order chi connectivity index (χ1) is 16.8. The largest absolute Gasteiger partial charge is 0.391 e. The number of aliphatic hydroxyl groups is 1.